The van der Waals surface area contributed by atoms with Crippen LogP contribution >= 0.6 is 11.6 Å². The SMILES string of the molecule is C=C(Cl)[C@H]1CC[C@H](C#Cc2c(F)cc(-c3ncc(CCCCC)cn3)cc2F)CC1. The van der Waals surface area contributed by atoms with Crippen LogP contribution in [0.2, 0.25) is 0 Å². The lowest BCUT2D eigenvalue weighted by molar-refractivity contribution is 0.361. The van der Waals surface area contributed by atoms with Crippen LogP contribution in [0.5, 0.6) is 0 Å². The molecule has 0 radical (unpaired) electrons. The summed E-state index contributed by atoms with van der Waals surface area (Å²) in [5, 5.41) is 0.685. The van der Waals surface area contributed by atoms with Crippen LogP contribution in [-0.2, 0) is 6.42 Å². The minimum absolute atomic E-state index is 0.124. The van der Waals surface area contributed by atoms with Crippen LogP contribution in [0.1, 0.15) is 63.0 Å². The van der Waals surface area contributed by atoms with Crippen LogP contribution in [0.15, 0.2) is 36.1 Å². The zero-order valence-corrected chi connectivity index (χ0v) is 18.1. The Morgan fingerprint density at radius 3 is 2.30 bits per heavy atom. The van der Waals surface area contributed by atoms with Crippen molar-refractivity contribution in [1.29, 1.82) is 0 Å². The summed E-state index contributed by atoms with van der Waals surface area (Å²) in [6, 6.07) is 2.52. The number of hydrogen-bond acceptors (Lipinski definition) is 2. The highest BCUT2D eigenvalue weighted by Crippen LogP contribution is 2.34. The highest BCUT2D eigenvalue weighted by Gasteiger charge is 2.21. The third-order valence-corrected chi connectivity index (χ3v) is 5.95. The lowest BCUT2D eigenvalue weighted by Crippen LogP contribution is -2.13. The first-order chi connectivity index (χ1) is 14.5. The molecular formula is C25H27ClF2N2. The van der Waals surface area contributed by atoms with Crippen LogP contribution in [0.25, 0.3) is 11.4 Å². The Bertz CT molecular complexity index is 913. The maximum Gasteiger partial charge on any atom is 0.159 e. The molecule has 0 amide bonds. The summed E-state index contributed by atoms with van der Waals surface area (Å²) in [6.07, 6.45) is 11.3. The summed E-state index contributed by atoms with van der Waals surface area (Å²) in [4.78, 5) is 8.56. The van der Waals surface area contributed by atoms with Crippen LogP contribution in [0, 0.1) is 35.3 Å². The van der Waals surface area contributed by atoms with E-state index in [0.29, 0.717) is 22.3 Å². The van der Waals surface area contributed by atoms with E-state index in [2.05, 4.69) is 35.3 Å². The van der Waals surface area contributed by atoms with Gasteiger partial charge in [0, 0.05) is 28.9 Å². The second-order valence-electron chi connectivity index (χ2n) is 7.95. The third kappa shape index (κ3) is 5.89. The van der Waals surface area contributed by atoms with Crippen LogP contribution in [-0.4, -0.2) is 9.97 Å². The van der Waals surface area contributed by atoms with Gasteiger partial charge < -0.3 is 0 Å². The summed E-state index contributed by atoms with van der Waals surface area (Å²) in [6.45, 7) is 5.95. The third-order valence-electron chi connectivity index (χ3n) is 5.65. The molecule has 5 heteroatoms. The predicted octanol–water partition coefficient (Wildman–Crippen LogP) is 7.06. The molecule has 1 saturated carbocycles. The van der Waals surface area contributed by atoms with Crippen molar-refractivity contribution in [2.24, 2.45) is 11.8 Å². The second-order valence-corrected chi connectivity index (χ2v) is 8.44. The second kappa shape index (κ2) is 10.7. The van der Waals surface area contributed by atoms with Gasteiger partial charge in [-0.05, 0) is 62.1 Å². The van der Waals surface area contributed by atoms with E-state index in [9.17, 15) is 8.78 Å². The molecule has 2 nitrogen and oxygen atoms in total. The Morgan fingerprint density at radius 2 is 1.73 bits per heavy atom. The van der Waals surface area contributed by atoms with Crippen molar-refractivity contribution in [1.82, 2.24) is 9.97 Å². The van der Waals surface area contributed by atoms with Gasteiger partial charge in [0.2, 0.25) is 0 Å². The lowest BCUT2D eigenvalue weighted by atomic mass is 9.82. The molecule has 0 aliphatic heterocycles. The fourth-order valence-corrected chi connectivity index (χ4v) is 3.98. The fourth-order valence-electron chi connectivity index (χ4n) is 3.76. The number of nitrogens with zero attached hydrogens (tertiary/aromatic N) is 2. The van der Waals surface area contributed by atoms with Crippen molar-refractivity contribution in [2.45, 2.75) is 58.3 Å². The van der Waals surface area contributed by atoms with E-state index >= 15 is 0 Å². The Labute approximate surface area is 182 Å². The topological polar surface area (TPSA) is 25.8 Å². The average molecular weight is 429 g/mol. The van der Waals surface area contributed by atoms with Crippen molar-refractivity contribution in [2.75, 3.05) is 0 Å². The van der Waals surface area contributed by atoms with Crippen molar-refractivity contribution >= 4 is 11.6 Å². The van der Waals surface area contributed by atoms with Crippen molar-refractivity contribution in [3.8, 4) is 23.2 Å². The first-order valence-electron chi connectivity index (χ1n) is 10.6. The molecule has 1 fully saturated rings. The molecule has 3 rings (SSSR count). The molecule has 0 saturated heterocycles. The zero-order chi connectivity index (χ0) is 21.5. The minimum Gasteiger partial charge on any atom is -0.236 e. The van der Waals surface area contributed by atoms with Crippen LogP contribution in [0.4, 0.5) is 8.78 Å². The molecular weight excluding hydrogens is 402 g/mol. The minimum atomic E-state index is -0.684. The molecule has 0 atom stereocenters. The van der Waals surface area contributed by atoms with Crippen LogP contribution < -0.4 is 0 Å². The first-order valence-corrected chi connectivity index (χ1v) is 11.0. The molecule has 0 spiro atoms. The lowest BCUT2D eigenvalue weighted by Gasteiger charge is -2.24. The number of rotatable bonds is 6. The quantitative estimate of drug-likeness (QED) is 0.363. The van der Waals surface area contributed by atoms with Gasteiger partial charge in [0.05, 0.1) is 5.56 Å². The summed E-state index contributed by atoms with van der Waals surface area (Å²) < 4.78 is 29.2. The summed E-state index contributed by atoms with van der Waals surface area (Å²) in [7, 11) is 0. The maximum atomic E-state index is 14.6. The van der Waals surface area contributed by atoms with Gasteiger partial charge >= 0.3 is 0 Å². The monoisotopic (exact) mass is 428 g/mol. The molecule has 0 unspecified atom stereocenters. The first kappa shape index (κ1) is 22.4. The number of aryl methyl sites for hydroxylation is 1. The predicted molar refractivity (Wildman–Crippen MR) is 118 cm³/mol. The van der Waals surface area contributed by atoms with E-state index in [4.69, 9.17) is 11.6 Å². The van der Waals surface area contributed by atoms with Crippen molar-refractivity contribution in [3.05, 3.63) is 58.9 Å². The van der Waals surface area contributed by atoms with Gasteiger partial charge in [0.1, 0.15) is 11.6 Å². The largest absolute Gasteiger partial charge is 0.236 e. The zero-order valence-electron chi connectivity index (χ0n) is 17.4. The van der Waals surface area contributed by atoms with Gasteiger partial charge in [-0.1, -0.05) is 49.8 Å². The molecule has 1 aromatic heterocycles. The highest BCUT2D eigenvalue weighted by molar-refractivity contribution is 6.29. The molecule has 1 aromatic carbocycles. The van der Waals surface area contributed by atoms with Crippen molar-refractivity contribution in [3.63, 3.8) is 0 Å². The van der Waals surface area contributed by atoms with Gasteiger partial charge in [0.25, 0.3) is 0 Å². The molecule has 2 aromatic rings. The molecule has 30 heavy (non-hydrogen) atoms. The van der Waals surface area contributed by atoms with Gasteiger partial charge in [-0.15, -0.1) is 0 Å². The number of halogens is 3. The fraction of sp³-hybridized carbons (Fsp3) is 0.440. The van der Waals surface area contributed by atoms with Crippen molar-refractivity contribution < 1.29 is 8.78 Å². The van der Waals surface area contributed by atoms with Crippen LogP contribution in [0.3, 0.4) is 0 Å². The smallest absolute Gasteiger partial charge is 0.159 e. The number of aromatic nitrogens is 2. The Hall–Kier alpha value is -2.25. The average Bonchev–Trinajstić information content (AvgIpc) is 2.74. The molecule has 0 bridgehead atoms. The maximum absolute atomic E-state index is 14.6. The standard InChI is InChI=1S/C25H27ClF2N2/c1-3-4-5-6-19-15-29-25(30-16-19)21-13-23(27)22(24(28)14-21)12-9-18-7-10-20(11-8-18)17(2)26/h13-16,18,20H,2-8,10-11H2,1H3/t18-,20-. The molecule has 1 aliphatic rings. The number of benzene rings is 1. The number of unbranched alkanes of at least 4 members (excludes halogenated alkanes) is 2. The summed E-state index contributed by atoms with van der Waals surface area (Å²) in [5.74, 6) is 5.13. The molecule has 1 heterocycles. The summed E-state index contributed by atoms with van der Waals surface area (Å²) in [5.41, 5.74) is 1.15. The van der Waals surface area contributed by atoms with Gasteiger partial charge in [-0.25, -0.2) is 18.7 Å². The molecule has 0 N–H and O–H groups in total. The summed E-state index contributed by atoms with van der Waals surface area (Å²) >= 11 is 5.98. The van der Waals surface area contributed by atoms with E-state index in [0.717, 1.165) is 56.9 Å². The number of allylic oxidation sites excluding steroid dienone is 1. The van der Waals surface area contributed by atoms with E-state index in [1.54, 1.807) is 12.4 Å². The van der Waals surface area contributed by atoms with Gasteiger partial charge in [-0.2, -0.15) is 0 Å². The van der Waals surface area contributed by atoms with Gasteiger partial charge in [0.15, 0.2) is 5.82 Å². The van der Waals surface area contributed by atoms with E-state index in [1.807, 2.05) is 0 Å². The molecule has 158 valence electrons. The highest BCUT2D eigenvalue weighted by atomic mass is 35.5. The number of hydrogen-bond donors (Lipinski definition) is 0. The molecule has 1 aliphatic carbocycles. The normalized spacial score (nSPS) is 18.5. The Morgan fingerprint density at radius 1 is 1.10 bits per heavy atom. The van der Waals surface area contributed by atoms with E-state index in [1.165, 1.54) is 12.1 Å². The Balaban J connectivity index is 1.70. The van der Waals surface area contributed by atoms with Gasteiger partial charge in [-0.3, -0.25) is 0 Å². The van der Waals surface area contributed by atoms with E-state index < -0.39 is 11.6 Å². The Kier molecular flexibility index (Phi) is 7.99. The van der Waals surface area contributed by atoms with E-state index in [-0.39, 0.29) is 11.5 Å².